The third-order valence-corrected chi connectivity index (χ3v) is 14.2. The van der Waals surface area contributed by atoms with E-state index in [9.17, 15) is 60.7 Å². The number of phosphoric ester groups is 1. The molecule has 0 spiro atoms. The van der Waals surface area contributed by atoms with E-state index < -0.39 is 147 Å². The van der Waals surface area contributed by atoms with E-state index in [2.05, 4.69) is 0 Å². The monoisotopic (exact) mass is 1080 g/mol. The Hall–Kier alpha value is -8.29. The smallest absolute Gasteiger partial charge is 0.382 e. The van der Waals surface area contributed by atoms with Gasteiger partial charge in [-0.15, -0.1) is 0 Å². The van der Waals surface area contributed by atoms with Crippen molar-refractivity contribution >= 4 is 41.9 Å². The predicted octanol–water partition coefficient (Wildman–Crippen LogP) is 10.2. The summed E-state index contributed by atoms with van der Waals surface area (Å²) >= 11 is 0. The lowest BCUT2D eigenvalue weighted by Crippen LogP contribution is -2.48. The number of benzene rings is 6. The maximum absolute atomic E-state index is 17.3. The van der Waals surface area contributed by atoms with Gasteiger partial charge in [-0.25, -0.2) is 4.57 Å². The van der Waals surface area contributed by atoms with Crippen LogP contribution in [0.15, 0.2) is 146 Å². The maximum atomic E-state index is 17.3. The summed E-state index contributed by atoms with van der Waals surface area (Å²) in [5.74, 6) is 0. The molecule has 0 heterocycles. The van der Waals surface area contributed by atoms with Crippen molar-refractivity contribution < 1.29 is 61.9 Å². The average molecular weight is 1080 g/mol. The van der Waals surface area contributed by atoms with E-state index in [1.165, 1.54) is 131 Å². The second-order valence-corrected chi connectivity index (χ2v) is 19.4. The van der Waals surface area contributed by atoms with E-state index in [0.717, 1.165) is 36.4 Å². The van der Waals surface area contributed by atoms with Gasteiger partial charge in [0.05, 0.1) is 49.4 Å². The Labute approximate surface area is 438 Å². The van der Waals surface area contributed by atoms with Crippen LogP contribution in [0.5, 0.6) is 0 Å². The number of methoxy groups -OCH3 is 3. The van der Waals surface area contributed by atoms with Crippen LogP contribution in [0.4, 0.5) is 34.1 Å². The lowest BCUT2D eigenvalue weighted by Gasteiger charge is -2.43. The van der Waals surface area contributed by atoms with Crippen LogP contribution in [0.3, 0.4) is 0 Å². The van der Waals surface area contributed by atoms with Gasteiger partial charge in [0.15, 0.2) is 0 Å². The second kappa shape index (κ2) is 25.5. The minimum atomic E-state index is -5.99. The molecule has 0 aliphatic carbocycles. The second-order valence-electron chi connectivity index (χ2n) is 17.9. The molecule has 0 atom stereocenters. The maximum Gasteiger partial charge on any atom is 0.476 e. The van der Waals surface area contributed by atoms with Gasteiger partial charge in [-0.05, 0) is 0 Å². The number of hydrogen-bond donors (Lipinski definition) is 0. The van der Waals surface area contributed by atoms with E-state index in [0.29, 0.717) is 0 Å². The van der Waals surface area contributed by atoms with Gasteiger partial charge in [-0.1, -0.05) is 109 Å². The quantitative estimate of drug-likeness (QED) is 0.0230. The number of nitro groups is 6. The molecule has 25 nitrogen and oxygen atoms in total. The number of para-hydroxylation sites is 6. The third-order valence-electron chi connectivity index (χ3n) is 12.3. The first-order chi connectivity index (χ1) is 36.7. The van der Waals surface area contributed by atoms with Gasteiger partial charge in [0.2, 0.25) is 0 Å². The molecular weight excluding hydrogens is 1030 g/mol. The molecule has 0 aliphatic rings. The minimum Gasteiger partial charge on any atom is -0.382 e. The molecule has 0 N–H and O–H groups in total. The summed E-state index contributed by atoms with van der Waals surface area (Å²) in [4.78, 5) is 71.9. The van der Waals surface area contributed by atoms with E-state index >= 15 is 4.57 Å². The highest BCUT2D eigenvalue weighted by Crippen LogP contribution is 2.61. The summed E-state index contributed by atoms with van der Waals surface area (Å²) < 4.78 is 55.3. The highest BCUT2D eigenvalue weighted by Gasteiger charge is 2.54. The van der Waals surface area contributed by atoms with Crippen molar-refractivity contribution in [2.24, 2.45) is 0 Å². The standard InChI is InChI=1S/C51H51N6O19P/c1-71-34-49(28-37-16-4-10-22-43(37)52(58)59,29-38-17-5-11-23-44(38)53(60)61)74-77(70,75-50(35-72-2,30-39-18-6-12-24-45(39)54(62)63)31-40-19-7-13-25-46(40)55(64)65)76-51(36-73-3,32-41-20-8-14-26-47(41)56(66)67)33-42-21-9-15-27-48(42)57(68)69/h4-27H,28-36H2,1-3H3. The zero-order chi connectivity index (χ0) is 56.0. The first kappa shape index (κ1) is 58.0. The van der Waals surface area contributed by atoms with Crippen LogP contribution in [0.1, 0.15) is 33.4 Å². The molecule has 404 valence electrons. The summed E-state index contributed by atoms with van der Waals surface area (Å²) in [7, 11) is -2.44. The Morgan fingerprint density at radius 2 is 0.481 bits per heavy atom. The van der Waals surface area contributed by atoms with Gasteiger partial charge in [-0.3, -0.25) is 74.3 Å². The molecule has 6 rings (SSSR count). The number of rotatable bonds is 30. The molecule has 0 fully saturated rings. The minimum absolute atomic E-state index is 0.0920. The van der Waals surface area contributed by atoms with Crippen LogP contribution in [0.25, 0.3) is 0 Å². The lowest BCUT2D eigenvalue weighted by atomic mass is 9.87. The van der Waals surface area contributed by atoms with Crippen molar-refractivity contribution in [1.82, 2.24) is 0 Å². The van der Waals surface area contributed by atoms with Crippen molar-refractivity contribution in [3.8, 4) is 0 Å². The van der Waals surface area contributed by atoms with Crippen molar-refractivity contribution in [2.45, 2.75) is 55.3 Å². The topological polar surface area (TPSA) is 331 Å². The molecule has 6 aromatic rings. The fourth-order valence-corrected chi connectivity index (χ4v) is 11.5. The first-order valence-corrected chi connectivity index (χ1v) is 24.7. The van der Waals surface area contributed by atoms with Gasteiger partial charge in [-0.2, -0.15) is 0 Å². The number of hydrogen-bond acceptors (Lipinski definition) is 19. The number of nitrogens with zero attached hydrogens (tertiary/aromatic N) is 6. The Balaban J connectivity index is 1.76. The van der Waals surface area contributed by atoms with E-state index in [1.807, 2.05) is 0 Å². The predicted molar refractivity (Wildman–Crippen MR) is 275 cm³/mol. The molecule has 0 radical (unpaired) electrons. The highest BCUT2D eigenvalue weighted by atomic mass is 31.2. The molecule has 0 saturated heterocycles. The molecule has 26 heteroatoms. The Morgan fingerprint density at radius 1 is 0.325 bits per heavy atom. The molecule has 0 amide bonds. The first-order valence-electron chi connectivity index (χ1n) is 23.2. The van der Waals surface area contributed by atoms with Gasteiger partial charge in [0.1, 0.15) is 16.8 Å². The van der Waals surface area contributed by atoms with E-state index in [4.69, 9.17) is 27.8 Å². The zero-order valence-corrected chi connectivity index (χ0v) is 42.5. The van der Waals surface area contributed by atoms with Crippen molar-refractivity contribution in [1.29, 1.82) is 0 Å². The molecule has 0 aliphatic heterocycles. The molecule has 77 heavy (non-hydrogen) atoms. The van der Waals surface area contributed by atoms with Crippen LogP contribution in [0, 0.1) is 60.7 Å². The van der Waals surface area contributed by atoms with E-state index in [1.54, 1.807) is 0 Å². The van der Waals surface area contributed by atoms with Gasteiger partial charge < -0.3 is 14.2 Å². The number of nitro benzene ring substituents is 6. The normalized spacial score (nSPS) is 12.0. The van der Waals surface area contributed by atoms with Crippen LogP contribution < -0.4 is 0 Å². The van der Waals surface area contributed by atoms with Gasteiger partial charge in [0, 0.05) is 130 Å². The molecule has 0 bridgehead atoms. The highest BCUT2D eigenvalue weighted by molar-refractivity contribution is 7.48. The SMILES string of the molecule is COCC(Cc1ccccc1[N+](=O)[O-])(Cc1ccccc1[N+](=O)[O-])OP(=O)(OC(COC)(Cc1ccccc1[N+](=O)[O-])Cc1ccccc1[N+](=O)[O-])OC(COC)(Cc1ccccc1[N+](=O)[O-])Cc1ccccc1[N+](=O)[O-]. The van der Waals surface area contributed by atoms with Gasteiger partial charge in [0.25, 0.3) is 34.1 Å². The summed E-state index contributed by atoms with van der Waals surface area (Å²) in [5, 5.41) is 76.1. The molecular formula is C51H51N6O19P. The largest absolute Gasteiger partial charge is 0.476 e. The summed E-state index contributed by atoms with van der Waals surface area (Å²) in [6, 6.07) is 31.9. The fourth-order valence-electron chi connectivity index (χ4n) is 9.44. The summed E-state index contributed by atoms with van der Waals surface area (Å²) in [6.07, 6.45) is -4.01. The molecule has 6 aromatic carbocycles. The van der Waals surface area contributed by atoms with E-state index in [-0.39, 0.29) is 33.4 Å². The zero-order valence-electron chi connectivity index (χ0n) is 41.6. The van der Waals surface area contributed by atoms with Crippen LogP contribution in [-0.2, 0) is 70.9 Å². The Bertz CT molecular complexity index is 2690. The third kappa shape index (κ3) is 14.6. The average Bonchev–Trinajstić information content (AvgIpc) is 3.37. The van der Waals surface area contributed by atoms with Crippen molar-refractivity contribution in [2.75, 3.05) is 41.2 Å². The summed E-state index contributed by atoms with van der Waals surface area (Å²) in [6.45, 7) is -2.17. The number of phosphoric acid groups is 1. The molecule has 0 aromatic heterocycles. The van der Waals surface area contributed by atoms with Crippen molar-refractivity contribution in [3.63, 3.8) is 0 Å². The molecule has 0 unspecified atom stereocenters. The van der Waals surface area contributed by atoms with Crippen molar-refractivity contribution in [3.05, 3.63) is 240 Å². The van der Waals surface area contributed by atoms with Gasteiger partial charge >= 0.3 is 7.82 Å². The summed E-state index contributed by atoms with van der Waals surface area (Å²) in [5.41, 5.74) is -10.5. The fraction of sp³-hybridized carbons (Fsp3) is 0.294. The van der Waals surface area contributed by atoms with Crippen LogP contribution >= 0.6 is 7.82 Å². The number of ether oxygens (including phenoxy) is 3. The van der Waals surface area contributed by atoms with Crippen LogP contribution in [0.2, 0.25) is 0 Å². The Morgan fingerprint density at radius 3 is 0.623 bits per heavy atom. The Kier molecular flexibility index (Phi) is 19.2. The molecule has 0 saturated carbocycles. The lowest BCUT2D eigenvalue weighted by molar-refractivity contribution is -0.386. The van der Waals surface area contributed by atoms with Crippen LogP contribution in [-0.4, -0.2) is 87.5 Å².